The molecule has 0 aromatic carbocycles. The smallest absolute Gasteiger partial charge is 0.312 e. The summed E-state index contributed by atoms with van der Waals surface area (Å²) in [6.45, 7) is 3.45. The first kappa shape index (κ1) is 29.0. The first-order valence-corrected chi connectivity index (χ1v) is 11.6. The van der Waals surface area contributed by atoms with Gasteiger partial charge in [0.2, 0.25) is 5.91 Å². The maximum atomic E-state index is 12.7. The van der Waals surface area contributed by atoms with Gasteiger partial charge in [-0.1, -0.05) is 20.3 Å². The van der Waals surface area contributed by atoms with Gasteiger partial charge in [-0.05, 0) is 25.7 Å². The second-order valence-corrected chi connectivity index (χ2v) is 8.63. The van der Waals surface area contributed by atoms with E-state index in [0.29, 0.717) is 32.1 Å². The number of amides is 5. The predicted molar refractivity (Wildman–Crippen MR) is 123 cm³/mol. The molecule has 34 heavy (non-hydrogen) atoms. The van der Waals surface area contributed by atoms with Crippen molar-refractivity contribution in [2.24, 2.45) is 17.6 Å². The highest BCUT2D eigenvalue weighted by Gasteiger charge is 2.28. The summed E-state index contributed by atoms with van der Waals surface area (Å²) in [5.41, 5.74) is 5.02. The molecule has 11 nitrogen and oxygen atoms in total. The number of hydrogen-bond acceptors (Lipinski definition) is 7. The minimum absolute atomic E-state index is 0.0967. The lowest BCUT2D eigenvalue weighted by Crippen LogP contribution is -2.44. The number of unbranched alkanes of at least 4 members (excludes halogenated alkanes) is 2. The molecule has 0 aromatic rings. The molecule has 0 saturated carbocycles. The summed E-state index contributed by atoms with van der Waals surface area (Å²) in [7, 11) is 0. The van der Waals surface area contributed by atoms with Gasteiger partial charge in [-0.25, -0.2) is 4.79 Å². The number of hydrogen-bond donors (Lipinski definition) is 4. The molecular formula is C23H36N4O7. The van der Waals surface area contributed by atoms with E-state index in [0.717, 1.165) is 4.90 Å². The quantitative estimate of drug-likeness (QED) is 0.170. The van der Waals surface area contributed by atoms with E-state index in [4.69, 9.17) is 5.73 Å². The largest absolute Gasteiger partial charge is 0.394 e. The molecule has 5 N–H and O–H groups in total. The Morgan fingerprint density at radius 1 is 1.03 bits per heavy atom. The molecule has 0 unspecified atom stereocenters. The van der Waals surface area contributed by atoms with Gasteiger partial charge in [0.15, 0.2) is 5.78 Å². The van der Waals surface area contributed by atoms with Crippen molar-refractivity contribution in [1.82, 2.24) is 15.5 Å². The summed E-state index contributed by atoms with van der Waals surface area (Å²) >= 11 is 0. The number of carbonyl (C=O) groups is 6. The van der Waals surface area contributed by atoms with Crippen LogP contribution in [-0.2, 0) is 24.0 Å². The van der Waals surface area contributed by atoms with Crippen LogP contribution >= 0.6 is 0 Å². The molecule has 0 saturated heterocycles. The standard InChI is InChI=1S/C23H36N4O7/c1-15(2)22(33)16(7-6-11-25-23(24)34)13-18(29)17(14-28)26-19(30)8-4-3-5-12-27-20(31)9-10-21(27)32/h9-10,15-17,28H,3-8,11-14H2,1-2H3,(H,26,30)(H3,24,25,34)/t16-,17+/m1/s1. The lowest BCUT2D eigenvalue weighted by atomic mass is 9.86. The number of primary amides is 1. The Morgan fingerprint density at radius 2 is 1.68 bits per heavy atom. The van der Waals surface area contributed by atoms with Crippen molar-refractivity contribution in [1.29, 1.82) is 0 Å². The van der Waals surface area contributed by atoms with Gasteiger partial charge in [0.05, 0.1) is 6.61 Å². The average molecular weight is 481 g/mol. The molecule has 0 aromatic heterocycles. The van der Waals surface area contributed by atoms with Crippen molar-refractivity contribution in [2.45, 2.75) is 64.8 Å². The minimum atomic E-state index is -1.11. The van der Waals surface area contributed by atoms with Gasteiger partial charge in [0.25, 0.3) is 11.8 Å². The second kappa shape index (κ2) is 14.9. The van der Waals surface area contributed by atoms with Crippen LogP contribution in [0.5, 0.6) is 0 Å². The maximum absolute atomic E-state index is 12.7. The van der Waals surface area contributed by atoms with Crippen LogP contribution in [0.4, 0.5) is 4.79 Å². The molecule has 0 radical (unpaired) electrons. The van der Waals surface area contributed by atoms with Crippen LogP contribution in [0, 0.1) is 11.8 Å². The molecule has 190 valence electrons. The summed E-state index contributed by atoms with van der Waals surface area (Å²) in [5, 5.41) is 14.6. The number of nitrogens with one attached hydrogen (secondary N) is 2. The SMILES string of the molecule is CC(C)C(=O)[C@H](CCCNC(N)=O)CC(=O)[C@H](CO)NC(=O)CCCCCN1C(=O)C=CC1=O. The van der Waals surface area contributed by atoms with Crippen LogP contribution in [0.15, 0.2) is 12.2 Å². The van der Waals surface area contributed by atoms with Gasteiger partial charge in [-0.2, -0.15) is 0 Å². The summed E-state index contributed by atoms with van der Waals surface area (Å²) in [4.78, 5) is 72.3. The maximum Gasteiger partial charge on any atom is 0.312 e. The molecule has 0 fully saturated rings. The van der Waals surface area contributed by atoms with Crippen molar-refractivity contribution in [2.75, 3.05) is 19.7 Å². The molecular weight excluding hydrogens is 444 g/mol. The third kappa shape index (κ3) is 10.2. The Bertz CT molecular complexity index is 776. The van der Waals surface area contributed by atoms with E-state index in [1.807, 2.05) is 0 Å². The van der Waals surface area contributed by atoms with Crippen molar-refractivity contribution >= 4 is 35.3 Å². The summed E-state index contributed by atoms with van der Waals surface area (Å²) < 4.78 is 0. The van der Waals surface area contributed by atoms with Crippen molar-refractivity contribution in [3.05, 3.63) is 12.2 Å². The minimum Gasteiger partial charge on any atom is -0.394 e. The monoisotopic (exact) mass is 480 g/mol. The number of rotatable bonds is 17. The van der Waals surface area contributed by atoms with E-state index in [-0.39, 0.29) is 49.4 Å². The zero-order valence-corrected chi connectivity index (χ0v) is 19.9. The van der Waals surface area contributed by atoms with Crippen LogP contribution in [0.25, 0.3) is 0 Å². The normalized spacial score (nSPS) is 14.9. The van der Waals surface area contributed by atoms with Gasteiger partial charge in [-0.15, -0.1) is 0 Å². The Hall–Kier alpha value is -3.08. The lowest BCUT2D eigenvalue weighted by Gasteiger charge is -2.21. The predicted octanol–water partition coefficient (Wildman–Crippen LogP) is 0.198. The number of urea groups is 1. The topological polar surface area (TPSA) is 176 Å². The number of carbonyl (C=O) groups excluding carboxylic acids is 6. The number of aliphatic hydroxyl groups is 1. The van der Waals surface area contributed by atoms with Gasteiger partial charge in [0, 0.05) is 49.9 Å². The third-order valence-corrected chi connectivity index (χ3v) is 5.54. The molecule has 1 aliphatic heterocycles. The fourth-order valence-electron chi connectivity index (χ4n) is 3.64. The van der Waals surface area contributed by atoms with Gasteiger partial charge in [0.1, 0.15) is 11.8 Å². The number of nitrogens with zero attached hydrogens (tertiary/aromatic N) is 1. The van der Waals surface area contributed by atoms with E-state index in [9.17, 15) is 33.9 Å². The summed E-state index contributed by atoms with van der Waals surface area (Å²) in [6.07, 6.45) is 4.92. The molecule has 1 heterocycles. The molecule has 2 atom stereocenters. The lowest BCUT2D eigenvalue weighted by molar-refractivity contribution is -0.137. The highest BCUT2D eigenvalue weighted by Crippen LogP contribution is 2.19. The Balaban J connectivity index is 2.45. The Labute approximate surface area is 199 Å². The number of ketones is 2. The summed E-state index contributed by atoms with van der Waals surface area (Å²) in [5.74, 6) is -2.49. The molecule has 1 rings (SSSR count). The van der Waals surface area contributed by atoms with E-state index in [1.54, 1.807) is 13.8 Å². The fraction of sp³-hybridized carbons (Fsp3) is 0.652. The first-order valence-electron chi connectivity index (χ1n) is 11.6. The average Bonchev–Trinajstić information content (AvgIpc) is 3.10. The number of Topliss-reactive ketones (excluding diaryl/α,β-unsaturated/α-hetero) is 2. The van der Waals surface area contributed by atoms with E-state index in [2.05, 4.69) is 10.6 Å². The third-order valence-electron chi connectivity index (χ3n) is 5.54. The van der Waals surface area contributed by atoms with Crippen molar-refractivity contribution < 1.29 is 33.9 Å². The van der Waals surface area contributed by atoms with Gasteiger partial charge in [-0.3, -0.25) is 28.9 Å². The molecule has 0 bridgehead atoms. The molecule has 5 amide bonds. The fourth-order valence-corrected chi connectivity index (χ4v) is 3.64. The van der Waals surface area contributed by atoms with E-state index >= 15 is 0 Å². The van der Waals surface area contributed by atoms with Crippen LogP contribution < -0.4 is 16.4 Å². The summed E-state index contributed by atoms with van der Waals surface area (Å²) in [6, 6.07) is -1.77. The number of aliphatic hydroxyl groups excluding tert-OH is 1. The van der Waals surface area contributed by atoms with E-state index < -0.39 is 36.3 Å². The molecule has 0 spiro atoms. The van der Waals surface area contributed by atoms with Crippen LogP contribution in [-0.4, -0.2) is 71.1 Å². The van der Waals surface area contributed by atoms with Gasteiger partial charge < -0.3 is 21.5 Å². The molecule has 0 aliphatic carbocycles. The van der Waals surface area contributed by atoms with Crippen LogP contribution in [0.1, 0.15) is 58.8 Å². The molecule has 11 heteroatoms. The number of imide groups is 1. The Morgan fingerprint density at radius 3 is 2.24 bits per heavy atom. The number of nitrogens with two attached hydrogens (primary N) is 1. The second-order valence-electron chi connectivity index (χ2n) is 8.63. The van der Waals surface area contributed by atoms with Crippen molar-refractivity contribution in [3.8, 4) is 0 Å². The zero-order valence-electron chi connectivity index (χ0n) is 19.9. The van der Waals surface area contributed by atoms with E-state index in [1.165, 1.54) is 12.2 Å². The van der Waals surface area contributed by atoms with Gasteiger partial charge >= 0.3 is 6.03 Å². The van der Waals surface area contributed by atoms with Crippen LogP contribution in [0.3, 0.4) is 0 Å². The Kier molecular flexibility index (Phi) is 12.7. The first-order chi connectivity index (χ1) is 16.1. The molecule has 1 aliphatic rings. The highest BCUT2D eigenvalue weighted by atomic mass is 16.3. The zero-order chi connectivity index (χ0) is 25.7. The van der Waals surface area contributed by atoms with Crippen molar-refractivity contribution in [3.63, 3.8) is 0 Å². The highest BCUT2D eigenvalue weighted by molar-refractivity contribution is 6.12. The van der Waals surface area contributed by atoms with Crippen LogP contribution in [0.2, 0.25) is 0 Å².